The van der Waals surface area contributed by atoms with Crippen molar-refractivity contribution in [1.29, 1.82) is 5.26 Å². The molecule has 0 atom stereocenters. The molecule has 2 aromatic carbocycles. The summed E-state index contributed by atoms with van der Waals surface area (Å²) in [6.45, 7) is 9.48. The largest absolute Gasteiger partial charge is 0.346 e. The number of nitrogens with zero attached hydrogens (tertiary/aromatic N) is 4. The summed E-state index contributed by atoms with van der Waals surface area (Å²) in [5, 5.41) is 9.94. The summed E-state index contributed by atoms with van der Waals surface area (Å²) < 4.78 is 2.24. The van der Waals surface area contributed by atoms with Gasteiger partial charge in [0.05, 0.1) is 49.3 Å². The predicted molar refractivity (Wildman–Crippen MR) is 135 cm³/mol. The van der Waals surface area contributed by atoms with Crippen molar-refractivity contribution in [3.05, 3.63) is 82.9 Å². The fourth-order valence-corrected chi connectivity index (χ4v) is 5.08. The zero-order valence-corrected chi connectivity index (χ0v) is 19.4. The number of hydrogen-bond acceptors (Lipinski definition) is 3. The van der Waals surface area contributed by atoms with E-state index in [0.29, 0.717) is 5.56 Å². The molecule has 1 saturated heterocycles. The van der Waals surface area contributed by atoms with Crippen molar-refractivity contribution in [2.75, 3.05) is 37.6 Å². The Morgan fingerprint density at radius 1 is 1.06 bits per heavy atom. The minimum atomic E-state index is 0.696. The fourth-order valence-electron chi connectivity index (χ4n) is 5.08. The average Bonchev–Trinajstić information content (AvgIpc) is 3.23. The molecule has 33 heavy (non-hydrogen) atoms. The van der Waals surface area contributed by atoms with Gasteiger partial charge in [0.15, 0.2) is 5.65 Å². The topological polar surface area (TPSA) is 48.8 Å². The number of fused-ring (bicyclic) bond motifs is 3. The number of rotatable bonds is 5. The molecule has 5 nitrogen and oxygen atoms in total. The van der Waals surface area contributed by atoms with E-state index in [1.165, 1.54) is 16.9 Å². The molecule has 0 amide bonds. The lowest BCUT2D eigenvalue weighted by molar-refractivity contribution is -0.894. The molecule has 1 aliphatic heterocycles. The number of hydrogen-bond donors (Lipinski definition) is 1. The summed E-state index contributed by atoms with van der Waals surface area (Å²) in [6.07, 6.45) is 5.41. The Morgan fingerprint density at radius 3 is 2.52 bits per heavy atom. The second-order valence-corrected chi connectivity index (χ2v) is 8.78. The van der Waals surface area contributed by atoms with Gasteiger partial charge in [-0.2, -0.15) is 5.26 Å². The number of aromatic nitrogens is 2. The number of imidazole rings is 1. The summed E-state index contributed by atoms with van der Waals surface area (Å²) in [4.78, 5) is 8.98. The Balaban J connectivity index is 1.46. The summed E-state index contributed by atoms with van der Waals surface area (Å²) in [5.41, 5.74) is 7.08. The number of benzene rings is 2. The molecule has 0 spiro atoms. The highest BCUT2D eigenvalue weighted by atomic mass is 15.3. The van der Waals surface area contributed by atoms with Crippen LogP contribution in [0.4, 0.5) is 5.82 Å². The molecule has 3 heterocycles. The van der Waals surface area contributed by atoms with Crippen LogP contribution in [0.15, 0.2) is 60.7 Å². The van der Waals surface area contributed by atoms with E-state index >= 15 is 0 Å². The molecule has 0 radical (unpaired) electrons. The second-order valence-electron chi connectivity index (χ2n) is 8.78. The molecule has 0 saturated carbocycles. The third-order valence-electron chi connectivity index (χ3n) is 6.85. The lowest BCUT2D eigenvalue weighted by Gasteiger charge is -2.35. The number of anilines is 1. The van der Waals surface area contributed by atoms with E-state index < -0.39 is 0 Å². The minimum absolute atomic E-state index is 0.696. The number of nitrogens with one attached hydrogen (secondary N) is 1. The van der Waals surface area contributed by atoms with E-state index in [9.17, 15) is 5.26 Å². The second kappa shape index (κ2) is 9.09. The lowest BCUT2D eigenvalue weighted by atomic mass is 10.0. The normalized spacial score (nSPS) is 15.0. The highest BCUT2D eigenvalue weighted by molar-refractivity contribution is 5.86. The first-order chi connectivity index (χ1) is 16.2. The molecule has 5 heteroatoms. The fraction of sp³-hybridized carbons (Fsp3) is 0.286. The number of piperazine rings is 1. The van der Waals surface area contributed by atoms with Crippen LogP contribution in [0.1, 0.15) is 29.2 Å². The van der Waals surface area contributed by atoms with Crippen molar-refractivity contribution < 1.29 is 4.90 Å². The molecule has 1 aliphatic rings. The number of quaternary nitrogens is 1. The summed E-state index contributed by atoms with van der Waals surface area (Å²) in [5.74, 6) is 1.22. The van der Waals surface area contributed by atoms with Gasteiger partial charge in [-0.1, -0.05) is 55.5 Å². The average molecular weight is 437 g/mol. The van der Waals surface area contributed by atoms with Crippen molar-refractivity contribution in [1.82, 2.24) is 9.38 Å². The van der Waals surface area contributed by atoms with Gasteiger partial charge in [0.2, 0.25) is 0 Å². The minimum Gasteiger partial charge on any atom is -0.346 e. The quantitative estimate of drug-likeness (QED) is 0.520. The first-order valence-corrected chi connectivity index (χ1v) is 11.8. The van der Waals surface area contributed by atoms with E-state index in [-0.39, 0.29) is 0 Å². The van der Waals surface area contributed by atoms with Gasteiger partial charge in [0, 0.05) is 0 Å². The van der Waals surface area contributed by atoms with Crippen LogP contribution in [0.5, 0.6) is 0 Å². The van der Waals surface area contributed by atoms with Crippen LogP contribution in [0.2, 0.25) is 0 Å². The highest BCUT2D eigenvalue weighted by Crippen LogP contribution is 2.33. The van der Waals surface area contributed by atoms with E-state index in [4.69, 9.17) is 4.98 Å². The maximum atomic E-state index is 9.94. The maximum absolute atomic E-state index is 9.94. The number of pyridine rings is 1. The molecule has 0 aliphatic carbocycles. The van der Waals surface area contributed by atoms with Crippen LogP contribution in [-0.4, -0.2) is 42.1 Å². The first kappa shape index (κ1) is 21.2. The molecule has 166 valence electrons. The van der Waals surface area contributed by atoms with E-state index in [2.05, 4.69) is 83.8 Å². The zero-order chi connectivity index (χ0) is 22.8. The lowest BCUT2D eigenvalue weighted by Crippen LogP contribution is -3.14. The molecule has 4 aromatic rings. The molecule has 0 bridgehead atoms. The van der Waals surface area contributed by atoms with Crippen LogP contribution in [-0.2, 0) is 6.42 Å². The van der Waals surface area contributed by atoms with Crippen molar-refractivity contribution >= 4 is 28.6 Å². The Labute approximate surface area is 195 Å². The van der Waals surface area contributed by atoms with Crippen LogP contribution in [0, 0.1) is 18.3 Å². The smallest absolute Gasteiger partial charge is 0.157 e. The SMILES string of the molecule is CCc1c(C)c(C#N)c2nc3ccccc3n2c1N1CC[NH+](C/C=C/c2ccccc2)CC1. The van der Waals surface area contributed by atoms with E-state index in [1.54, 1.807) is 4.90 Å². The van der Waals surface area contributed by atoms with Crippen LogP contribution in [0.3, 0.4) is 0 Å². The van der Waals surface area contributed by atoms with Gasteiger partial charge in [-0.15, -0.1) is 0 Å². The number of para-hydroxylation sites is 2. The van der Waals surface area contributed by atoms with E-state index in [1.807, 2.05) is 12.1 Å². The van der Waals surface area contributed by atoms with E-state index in [0.717, 1.165) is 61.4 Å². The highest BCUT2D eigenvalue weighted by Gasteiger charge is 2.27. The molecule has 1 fully saturated rings. The number of nitriles is 1. The van der Waals surface area contributed by atoms with Crippen molar-refractivity contribution in [3.63, 3.8) is 0 Å². The summed E-state index contributed by atoms with van der Waals surface area (Å²) >= 11 is 0. The predicted octanol–water partition coefficient (Wildman–Crippen LogP) is 3.65. The van der Waals surface area contributed by atoms with Gasteiger partial charge >= 0.3 is 0 Å². The molecular formula is C28H30N5+. The van der Waals surface area contributed by atoms with Crippen LogP contribution in [0.25, 0.3) is 22.8 Å². The summed E-state index contributed by atoms with van der Waals surface area (Å²) in [7, 11) is 0. The molecule has 2 aromatic heterocycles. The maximum Gasteiger partial charge on any atom is 0.157 e. The standard InChI is InChI=1S/C28H29N5/c1-3-23-21(2)24(20-29)27-30-25-13-7-8-14-26(25)33(27)28(23)32-18-16-31(17-19-32)15-9-12-22-10-5-4-6-11-22/h4-14H,3,15-19H2,1-2H3/p+1/b12-9+. The van der Waals surface area contributed by atoms with Gasteiger partial charge in [-0.3, -0.25) is 4.40 Å². The van der Waals surface area contributed by atoms with Gasteiger partial charge in [0.1, 0.15) is 11.9 Å². The van der Waals surface area contributed by atoms with Gasteiger partial charge < -0.3 is 9.80 Å². The zero-order valence-electron chi connectivity index (χ0n) is 19.4. The monoisotopic (exact) mass is 436 g/mol. The van der Waals surface area contributed by atoms with Crippen LogP contribution < -0.4 is 9.80 Å². The first-order valence-electron chi connectivity index (χ1n) is 11.8. The Kier molecular flexibility index (Phi) is 5.85. The van der Waals surface area contributed by atoms with Crippen molar-refractivity contribution in [2.45, 2.75) is 20.3 Å². The summed E-state index contributed by atoms with van der Waals surface area (Å²) in [6, 6.07) is 21.2. The van der Waals surface area contributed by atoms with Crippen molar-refractivity contribution in [2.24, 2.45) is 0 Å². The third-order valence-corrected chi connectivity index (χ3v) is 6.85. The van der Waals surface area contributed by atoms with Crippen LogP contribution >= 0.6 is 0 Å². The van der Waals surface area contributed by atoms with Crippen molar-refractivity contribution in [3.8, 4) is 6.07 Å². The Bertz CT molecular complexity index is 1350. The molecule has 5 rings (SSSR count). The molecular weight excluding hydrogens is 406 g/mol. The van der Waals surface area contributed by atoms with Gasteiger partial charge in [-0.25, -0.2) is 4.98 Å². The Hall–Kier alpha value is -3.62. The molecule has 1 N–H and O–H groups in total. The van der Waals surface area contributed by atoms with Gasteiger partial charge in [-0.05, 0) is 48.2 Å². The molecule has 0 unspecified atom stereocenters. The van der Waals surface area contributed by atoms with Gasteiger partial charge in [0.25, 0.3) is 0 Å². The third kappa shape index (κ3) is 3.88. The Morgan fingerprint density at radius 2 is 1.79 bits per heavy atom.